The first-order chi connectivity index (χ1) is 49.0. The standard InChI is InChI=1S/C42H50N4O4.C39H47N4O.C3H4O4.2Zn/c1-5-9-15-28-33-20-21-34(43-33)29(16-10-6-2)36-24-25-38(45-36)31(18-12-8-4)40-27(14-13-19-32(41(47)48)42(49)50)26-39(46-40)30(17-11-7-3)37-23-22-35(28)44-37;1-5-9-15-28-32-19-20-33(40-32)29(16-10-6-2)35-23-24-37(42-35)31(18-12-8-4)39-27(14-13-25-44)26-38(43-39)30(17-11-7-3)36-22-21-34(28)41-36;4-2(5)1-3(6)7;;/h13-14,19-26H,5-12,15-18H2,1-4H3,(H4,43,44,45,46,47,48,49,50);13-14,19-26H,5-12,15-18H2,1-4H3,(H-,40,41,42,43,44);1H2,(H,4,5)(H,6,7);;/q;-1;;2*+2/p-3/b14-13+,33-28?,34-29?,35-28?,36-29?,37-30?,38-31?,39-30?,40-31?;;;;. The van der Waals surface area contributed by atoms with E-state index in [9.17, 15) is 34.2 Å². The zero-order valence-corrected chi connectivity index (χ0v) is 67.5. The smallest absolute Gasteiger partial charge is 0.657 e. The first-order valence-corrected chi connectivity index (χ1v) is 36.5. The van der Waals surface area contributed by atoms with Gasteiger partial charge in [-0.05, 0) is 219 Å². The van der Waals surface area contributed by atoms with Crippen LogP contribution in [0.1, 0.15) is 266 Å². The predicted octanol–water partition coefficient (Wildman–Crippen LogP) is 18.4. The van der Waals surface area contributed by atoms with Gasteiger partial charge in [0.1, 0.15) is 18.3 Å². The van der Waals surface area contributed by atoms with Crippen molar-refractivity contribution in [3.8, 4) is 0 Å². The molecule has 0 amide bonds. The van der Waals surface area contributed by atoms with Gasteiger partial charge in [0.15, 0.2) is 0 Å². The third kappa shape index (κ3) is 22.1. The van der Waals surface area contributed by atoms with Crippen LogP contribution in [0, 0.1) is 0 Å². The second-order valence-corrected chi connectivity index (χ2v) is 25.9. The summed E-state index contributed by atoms with van der Waals surface area (Å²) in [5.74, 6) is -5.61. The largest absolute Gasteiger partial charge is 2.00 e. The number of aldehydes is 1. The molecule has 10 heterocycles. The molecule has 6 aromatic rings. The zero-order chi connectivity index (χ0) is 72.4. The average Bonchev–Trinajstić information content (AvgIpc) is 1.64. The second kappa shape index (κ2) is 42.1. The molecule has 19 heteroatoms. The number of fused-ring (bicyclic) bond motifs is 16. The van der Waals surface area contributed by atoms with Crippen molar-refractivity contribution in [2.45, 2.75) is 216 Å². The van der Waals surface area contributed by atoms with E-state index in [0.29, 0.717) is 0 Å². The fourth-order valence-corrected chi connectivity index (χ4v) is 12.7. The molecule has 16 bridgehead atoms. The van der Waals surface area contributed by atoms with Gasteiger partial charge in [-0.15, -0.1) is 44.1 Å². The van der Waals surface area contributed by atoms with Crippen molar-refractivity contribution in [2.75, 3.05) is 0 Å². The van der Waals surface area contributed by atoms with Gasteiger partial charge in [0.25, 0.3) is 0 Å². The molecule has 0 unspecified atom stereocenters. The van der Waals surface area contributed by atoms with E-state index in [4.69, 9.17) is 50.1 Å². The van der Waals surface area contributed by atoms with Gasteiger partial charge in [0, 0.05) is 0 Å². The minimum Gasteiger partial charge on any atom is -0.657 e. The number of rotatable bonds is 32. The molecule has 4 aliphatic heterocycles. The van der Waals surface area contributed by atoms with Gasteiger partial charge in [-0.25, -0.2) is 29.5 Å². The number of carbonyl (C=O) groups excluding carboxylic acids is 1. The van der Waals surface area contributed by atoms with Gasteiger partial charge >= 0.3 is 62.8 Å². The monoisotopic (exact) mass is 1490 g/mol. The number of carboxylic acids is 4. The quantitative estimate of drug-likeness (QED) is 0.00761. The topological polar surface area (TPSA) is 274 Å². The molecular weight excluding hydrogens is 1400 g/mol. The van der Waals surface area contributed by atoms with Crippen LogP contribution in [-0.4, -0.2) is 70.5 Å². The summed E-state index contributed by atoms with van der Waals surface area (Å²) in [4.78, 5) is 95.6. The van der Waals surface area contributed by atoms with Crippen molar-refractivity contribution in [1.82, 2.24) is 39.9 Å². The van der Waals surface area contributed by atoms with E-state index < -0.39 is 35.9 Å². The molecule has 4 aliphatic rings. The molecule has 0 aliphatic carbocycles. The zero-order valence-electron chi connectivity index (χ0n) is 61.5. The van der Waals surface area contributed by atoms with Crippen LogP contribution in [0.15, 0.2) is 60.2 Å². The molecule has 103 heavy (non-hydrogen) atoms. The molecule has 0 spiro atoms. The third-order valence-electron chi connectivity index (χ3n) is 18.2. The third-order valence-corrected chi connectivity index (χ3v) is 18.2. The Bertz CT molecular complexity index is 4540. The summed E-state index contributed by atoms with van der Waals surface area (Å²) >= 11 is 0. The first kappa shape index (κ1) is 83.2. The van der Waals surface area contributed by atoms with Gasteiger partial charge in [-0.1, -0.05) is 161 Å². The second-order valence-electron chi connectivity index (χ2n) is 25.9. The summed E-state index contributed by atoms with van der Waals surface area (Å²) < 4.78 is 0. The summed E-state index contributed by atoms with van der Waals surface area (Å²) in [6.07, 6.45) is 48.5. The molecule has 17 nitrogen and oxygen atoms in total. The van der Waals surface area contributed by atoms with Gasteiger partial charge in [0.2, 0.25) is 0 Å². The van der Waals surface area contributed by atoms with Crippen molar-refractivity contribution in [1.29, 1.82) is 0 Å². The van der Waals surface area contributed by atoms with Crippen LogP contribution >= 0.6 is 0 Å². The number of hydrogen-bond acceptors (Lipinski definition) is 9. The summed E-state index contributed by atoms with van der Waals surface area (Å²) in [7, 11) is 0. The number of aryl methyl sites for hydroxylation is 8. The molecule has 0 saturated heterocycles. The molecule has 10 rings (SSSR count). The SMILES string of the molecule is CCCCc1c2nc(c(CCCC)c3cc(/C=C/C=C(C(=O)O)C(=O)O)c([n-]3)c(CCCC)c3nc(c(CCCC)c4ccc1[n-]4)C=C3)C=C2.CCCCc1c2nc(c(CCCC)c3cc(/C=C/C=O)c([n-]3)c(CCCC)c3nc(c(CCCC)c4ccc1[n-]4)C=C3)C=C2.O=C(O)CC(=O)O.[Zn+2].[Zn+2]. The first-order valence-electron chi connectivity index (χ1n) is 36.5. The number of hydrogen-bond donors (Lipinski definition) is 4. The number of unbranched alkanes of at least 4 members (excludes halogenated alkanes) is 8. The van der Waals surface area contributed by atoms with E-state index in [1.807, 2.05) is 12.1 Å². The fraction of sp³-hybridized carbons (Fsp3) is 0.393. The summed E-state index contributed by atoms with van der Waals surface area (Å²) in [5, 5.41) is 34.3. The number of allylic oxidation sites excluding steroid dienone is 3. The van der Waals surface area contributed by atoms with Gasteiger partial charge < -0.3 is 40.4 Å². The van der Waals surface area contributed by atoms with Crippen LogP contribution in [0.3, 0.4) is 0 Å². The van der Waals surface area contributed by atoms with Crippen molar-refractivity contribution in [3.63, 3.8) is 0 Å². The molecule has 4 N–H and O–H groups in total. The van der Waals surface area contributed by atoms with Crippen LogP contribution in [-0.2, 0) is 114 Å². The Morgan fingerprint density at radius 3 is 0.825 bits per heavy atom. The average molecular weight is 1490 g/mol. The summed E-state index contributed by atoms with van der Waals surface area (Å²) in [5.41, 5.74) is 25.0. The number of aliphatic carboxylic acids is 4. The van der Waals surface area contributed by atoms with Crippen LogP contribution in [0.5, 0.6) is 0 Å². The number of aromatic nitrogens is 8. The Kier molecular flexibility index (Phi) is 34.0. The van der Waals surface area contributed by atoms with Crippen LogP contribution in [0.2, 0.25) is 0 Å². The van der Waals surface area contributed by atoms with E-state index in [2.05, 4.69) is 134 Å². The number of carbonyl (C=O) groups is 5. The van der Waals surface area contributed by atoms with E-state index >= 15 is 0 Å². The van der Waals surface area contributed by atoms with Crippen LogP contribution in [0.4, 0.5) is 0 Å². The Morgan fingerprint density at radius 1 is 0.350 bits per heavy atom. The maximum absolute atomic E-state index is 11.6. The van der Waals surface area contributed by atoms with Crippen molar-refractivity contribution < 1.29 is 83.4 Å². The van der Waals surface area contributed by atoms with Crippen LogP contribution < -0.4 is 19.9 Å². The molecule has 0 fully saturated rings. The fourth-order valence-electron chi connectivity index (χ4n) is 12.7. The maximum atomic E-state index is 11.6. The Morgan fingerprint density at radius 2 is 0.592 bits per heavy atom. The molecule has 0 atom stereocenters. The van der Waals surface area contributed by atoms with Crippen molar-refractivity contribution >= 4 is 135 Å². The summed E-state index contributed by atoms with van der Waals surface area (Å²) in [6, 6.07) is 12.8. The number of nitrogens with zero attached hydrogens (tertiary/aromatic N) is 8. The van der Waals surface area contributed by atoms with E-state index in [0.717, 1.165) is 301 Å². The summed E-state index contributed by atoms with van der Waals surface area (Å²) in [6.45, 7) is 17.6. The van der Waals surface area contributed by atoms with Crippen molar-refractivity contribution in [2.24, 2.45) is 0 Å². The van der Waals surface area contributed by atoms with E-state index in [-0.39, 0.29) is 39.0 Å². The Balaban J connectivity index is 0.000000292. The Hall–Kier alpha value is -8.78. The molecule has 6 aromatic heterocycles. The molecule has 532 valence electrons. The number of carboxylic acid groups (broad SMARTS) is 4. The van der Waals surface area contributed by atoms with Gasteiger partial charge in [-0.2, -0.15) is 0 Å². The molecule has 0 aromatic carbocycles. The van der Waals surface area contributed by atoms with Crippen LogP contribution in [0.25, 0.3) is 105 Å². The minimum absolute atomic E-state index is 0. The molecule has 0 radical (unpaired) electrons. The van der Waals surface area contributed by atoms with E-state index in [1.54, 1.807) is 12.2 Å². The predicted molar refractivity (Wildman–Crippen MR) is 410 cm³/mol. The Labute approximate surface area is 631 Å². The van der Waals surface area contributed by atoms with Gasteiger partial charge in [0.05, 0.1) is 45.6 Å². The van der Waals surface area contributed by atoms with E-state index in [1.165, 1.54) is 17.2 Å². The molecule has 0 saturated carbocycles. The van der Waals surface area contributed by atoms with Gasteiger partial charge in [-0.3, -0.25) is 14.4 Å². The molecular formula is C84H98N8O9Zn2. The minimum atomic E-state index is -1.49. The van der Waals surface area contributed by atoms with Crippen molar-refractivity contribution in [3.05, 3.63) is 161 Å². The maximum Gasteiger partial charge on any atom is 2.00 e. The normalized spacial score (nSPS) is 11.8.